The van der Waals surface area contributed by atoms with E-state index in [9.17, 15) is 0 Å². The Labute approximate surface area is 136 Å². The highest BCUT2D eigenvalue weighted by Crippen LogP contribution is 2.16. The highest BCUT2D eigenvalue weighted by Gasteiger charge is 1.95. The minimum absolute atomic E-state index is 0.883. The van der Waals surface area contributed by atoms with Gasteiger partial charge in [0.1, 0.15) is 5.75 Å². The average molecular weight is 311 g/mol. The molecule has 0 aliphatic heterocycles. The van der Waals surface area contributed by atoms with Crippen LogP contribution in [0.1, 0.15) is 90.4 Å². The molecule has 2 heteroatoms. The maximum atomic E-state index is 5.66. The van der Waals surface area contributed by atoms with Gasteiger partial charge in [-0.15, -0.1) is 11.3 Å². The maximum Gasteiger partial charge on any atom is 0.129 e. The molecule has 21 heavy (non-hydrogen) atoms. The fraction of sp³-hybridized carbons (Fsp3) is 0.789. The Hall–Kier alpha value is -0.500. The van der Waals surface area contributed by atoms with Crippen molar-refractivity contribution in [3.8, 4) is 5.75 Å². The lowest BCUT2D eigenvalue weighted by Gasteiger charge is -2.04. The molecule has 1 heterocycles. The van der Waals surface area contributed by atoms with Crippen LogP contribution < -0.4 is 4.74 Å². The van der Waals surface area contributed by atoms with E-state index in [4.69, 9.17) is 4.74 Å². The predicted octanol–water partition coefficient (Wildman–Crippen LogP) is 7.22. The SMILES string of the molecule is CCCCCCCCCCCCCCCOc1ccsc1. The van der Waals surface area contributed by atoms with E-state index >= 15 is 0 Å². The molecule has 1 rings (SSSR count). The molecular formula is C19H34OS. The van der Waals surface area contributed by atoms with Gasteiger partial charge in [0.15, 0.2) is 0 Å². The molecule has 0 unspecified atom stereocenters. The van der Waals surface area contributed by atoms with E-state index in [-0.39, 0.29) is 0 Å². The lowest BCUT2D eigenvalue weighted by molar-refractivity contribution is 0.305. The summed E-state index contributed by atoms with van der Waals surface area (Å²) in [6.45, 7) is 3.17. The molecule has 1 aromatic heterocycles. The van der Waals surface area contributed by atoms with E-state index in [1.54, 1.807) is 11.3 Å². The van der Waals surface area contributed by atoms with Crippen LogP contribution in [0.5, 0.6) is 5.75 Å². The van der Waals surface area contributed by atoms with E-state index in [1.807, 2.05) is 6.07 Å². The van der Waals surface area contributed by atoms with Gasteiger partial charge in [-0.2, -0.15) is 0 Å². The van der Waals surface area contributed by atoms with Crippen LogP contribution in [-0.2, 0) is 0 Å². The minimum atomic E-state index is 0.883. The van der Waals surface area contributed by atoms with Crippen LogP contribution in [0.3, 0.4) is 0 Å². The van der Waals surface area contributed by atoms with Crippen LogP contribution >= 0.6 is 11.3 Å². The zero-order valence-corrected chi connectivity index (χ0v) is 14.8. The van der Waals surface area contributed by atoms with Crippen LogP contribution in [0.15, 0.2) is 16.8 Å². The highest BCUT2D eigenvalue weighted by atomic mass is 32.1. The van der Waals surface area contributed by atoms with Gasteiger partial charge < -0.3 is 4.74 Å². The third-order valence-corrected chi connectivity index (χ3v) is 4.67. The first-order chi connectivity index (χ1) is 10.4. The number of thiophene rings is 1. The van der Waals surface area contributed by atoms with Crippen LogP contribution in [0, 0.1) is 0 Å². The standard InChI is InChI=1S/C19H34OS/c1-2-3-4-5-6-7-8-9-10-11-12-13-14-16-20-19-15-17-21-18-19/h15,17-18H,2-14,16H2,1H3. The van der Waals surface area contributed by atoms with Crippen LogP contribution in [-0.4, -0.2) is 6.61 Å². The smallest absolute Gasteiger partial charge is 0.129 e. The molecule has 0 N–H and O–H groups in total. The van der Waals surface area contributed by atoms with Crippen molar-refractivity contribution in [1.82, 2.24) is 0 Å². The largest absolute Gasteiger partial charge is 0.493 e. The van der Waals surface area contributed by atoms with E-state index < -0.39 is 0 Å². The Morgan fingerprint density at radius 3 is 1.76 bits per heavy atom. The second-order valence-electron chi connectivity index (χ2n) is 6.05. The van der Waals surface area contributed by atoms with Crippen molar-refractivity contribution in [2.75, 3.05) is 6.61 Å². The predicted molar refractivity (Wildman–Crippen MR) is 95.5 cm³/mol. The molecule has 0 bridgehead atoms. The molecule has 0 radical (unpaired) electrons. The second-order valence-corrected chi connectivity index (χ2v) is 6.83. The summed E-state index contributed by atoms with van der Waals surface area (Å²) in [5, 5.41) is 4.14. The topological polar surface area (TPSA) is 9.23 Å². The van der Waals surface area contributed by atoms with E-state index in [2.05, 4.69) is 17.7 Å². The van der Waals surface area contributed by atoms with Gasteiger partial charge >= 0.3 is 0 Å². The molecule has 0 atom stereocenters. The summed E-state index contributed by atoms with van der Waals surface area (Å²) in [5.41, 5.74) is 0. The van der Waals surface area contributed by atoms with Gasteiger partial charge in [0.05, 0.1) is 6.61 Å². The summed E-state index contributed by atoms with van der Waals surface area (Å²) in [7, 11) is 0. The first-order valence-electron chi connectivity index (χ1n) is 9.08. The minimum Gasteiger partial charge on any atom is -0.493 e. The van der Waals surface area contributed by atoms with Crippen molar-refractivity contribution in [2.24, 2.45) is 0 Å². The van der Waals surface area contributed by atoms with Gasteiger partial charge in [0.2, 0.25) is 0 Å². The summed E-state index contributed by atoms with van der Waals surface area (Å²) in [6, 6.07) is 2.05. The van der Waals surface area contributed by atoms with Gasteiger partial charge in [0, 0.05) is 5.38 Å². The number of rotatable bonds is 15. The van der Waals surface area contributed by atoms with E-state index in [1.165, 1.54) is 83.5 Å². The zero-order chi connectivity index (χ0) is 15.0. The monoisotopic (exact) mass is 310 g/mol. The summed E-state index contributed by atoms with van der Waals surface area (Å²) in [6.07, 6.45) is 18.2. The van der Waals surface area contributed by atoms with Gasteiger partial charge in [-0.05, 0) is 17.9 Å². The van der Waals surface area contributed by atoms with Crippen molar-refractivity contribution >= 4 is 11.3 Å². The Kier molecular flexibility index (Phi) is 12.8. The Morgan fingerprint density at radius 2 is 1.29 bits per heavy atom. The first-order valence-corrected chi connectivity index (χ1v) is 10.0. The van der Waals surface area contributed by atoms with E-state index in [0.717, 1.165) is 12.4 Å². The van der Waals surface area contributed by atoms with Gasteiger partial charge in [-0.3, -0.25) is 0 Å². The fourth-order valence-corrected chi connectivity index (χ4v) is 3.22. The number of hydrogen-bond donors (Lipinski definition) is 0. The van der Waals surface area contributed by atoms with Crippen LogP contribution in [0.25, 0.3) is 0 Å². The van der Waals surface area contributed by atoms with Gasteiger partial charge in [-0.25, -0.2) is 0 Å². The van der Waals surface area contributed by atoms with E-state index in [0.29, 0.717) is 0 Å². The molecule has 0 amide bonds. The third kappa shape index (κ3) is 11.8. The molecule has 1 nitrogen and oxygen atoms in total. The van der Waals surface area contributed by atoms with Gasteiger partial charge in [-0.1, -0.05) is 84.0 Å². The molecule has 0 aromatic carbocycles. The summed E-state index contributed by atoms with van der Waals surface area (Å²) < 4.78 is 5.66. The number of ether oxygens (including phenoxy) is 1. The first kappa shape index (κ1) is 18.5. The molecule has 0 fully saturated rings. The average Bonchev–Trinajstić information content (AvgIpc) is 3.01. The molecule has 0 saturated carbocycles. The summed E-state index contributed by atoms with van der Waals surface area (Å²) >= 11 is 1.70. The molecule has 0 aliphatic rings. The summed E-state index contributed by atoms with van der Waals surface area (Å²) in [4.78, 5) is 0. The van der Waals surface area contributed by atoms with Crippen molar-refractivity contribution < 1.29 is 4.74 Å². The highest BCUT2D eigenvalue weighted by molar-refractivity contribution is 7.08. The zero-order valence-electron chi connectivity index (χ0n) is 13.9. The molecule has 1 aromatic rings. The van der Waals surface area contributed by atoms with Crippen molar-refractivity contribution in [2.45, 2.75) is 90.4 Å². The molecule has 122 valence electrons. The summed E-state index contributed by atoms with van der Waals surface area (Å²) in [5.74, 6) is 1.04. The Morgan fingerprint density at radius 1 is 0.762 bits per heavy atom. The Balaban J connectivity index is 1.69. The normalized spacial score (nSPS) is 10.9. The quantitative estimate of drug-likeness (QED) is 0.311. The van der Waals surface area contributed by atoms with Crippen molar-refractivity contribution in [3.63, 3.8) is 0 Å². The number of hydrogen-bond acceptors (Lipinski definition) is 2. The molecular weight excluding hydrogens is 276 g/mol. The Bertz CT molecular complexity index is 295. The second kappa shape index (κ2) is 14.4. The fourth-order valence-electron chi connectivity index (χ4n) is 2.64. The molecule has 0 spiro atoms. The maximum absolute atomic E-state index is 5.66. The third-order valence-electron chi connectivity index (χ3n) is 4.01. The molecule has 0 saturated heterocycles. The van der Waals surface area contributed by atoms with Crippen molar-refractivity contribution in [3.05, 3.63) is 16.8 Å². The lowest BCUT2D eigenvalue weighted by atomic mass is 10.0. The van der Waals surface area contributed by atoms with Crippen LogP contribution in [0.4, 0.5) is 0 Å². The number of unbranched alkanes of at least 4 members (excludes halogenated alkanes) is 12. The van der Waals surface area contributed by atoms with Crippen molar-refractivity contribution in [1.29, 1.82) is 0 Å². The van der Waals surface area contributed by atoms with Gasteiger partial charge in [0.25, 0.3) is 0 Å². The van der Waals surface area contributed by atoms with Crippen LogP contribution in [0.2, 0.25) is 0 Å². The molecule has 0 aliphatic carbocycles. The lowest BCUT2D eigenvalue weighted by Crippen LogP contribution is -1.95.